The molecule has 160 valence electrons. The van der Waals surface area contributed by atoms with E-state index in [9.17, 15) is 9.50 Å². The van der Waals surface area contributed by atoms with Crippen LogP contribution in [0.1, 0.15) is 54.7 Å². The van der Waals surface area contributed by atoms with Gasteiger partial charge in [0.1, 0.15) is 18.1 Å². The molecule has 5 rings (SSSR count). The highest BCUT2D eigenvalue weighted by Crippen LogP contribution is 2.58. The summed E-state index contributed by atoms with van der Waals surface area (Å²) in [6.07, 6.45) is 7.52. The Morgan fingerprint density at radius 2 is 1.80 bits per heavy atom. The van der Waals surface area contributed by atoms with Crippen LogP contribution >= 0.6 is 0 Å². The van der Waals surface area contributed by atoms with Gasteiger partial charge in [0.15, 0.2) is 0 Å². The number of rotatable bonds is 6. The molecule has 0 amide bonds. The van der Waals surface area contributed by atoms with E-state index >= 15 is 0 Å². The van der Waals surface area contributed by atoms with Crippen LogP contribution in [-0.2, 0) is 6.42 Å². The SMILES string of the molecule is Oc1ccc2c(c1)CCC1(CCCC1)C2c1ccc(OCCN2CC(CF)C2)cc1. The predicted molar refractivity (Wildman–Crippen MR) is 117 cm³/mol. The van der Waals surface area contributed by atoms with Crippen LogP contribution < -0.4 is 4.74 Å². The topological polar surface area (TPSA) is 32.7 Å². The van der Waals surface area contributed by atoms with Gasteiger partial charge in [-0.25, -0.2) is 0 Å². The fourth-order valence-corrected chi connectivity index (χ4v) is 6.11. The van der Waals surface area contributed by atoms with Gasteiger partial charge in [0.25, 0.3) is 0 Å². The number of aryl methyl sites for hydroxylation is 1. The molecule has 0 bridgehead atoms. The van der Waals surface area contributed by atoms with Crippen LogP contribution in [0.2, 0.25) is 0 Å². The van der Waals surface area contributed by atoms with E-state index in [0.29, 0.717) is 23.7 Å². The minimum absolute atomic E-state index is 0.204. The van der Waals surface area contributed by atoms with Crippen LogP contribution in [0.25, 0.3) is 0 Å². The molecule has 2 fully saturated rings. The summed E-state index contributed by atoms with van der Waals surface area (Å²) in [5.41, 5.74) is 4.43. The van der Waals surface area contributed by atoms with Gasteiger partial charge in [-0.05, 0) is 72.1 Å². The summed E-state index contributed by atoms with van der Waals surface area (Å²) >= 11 is 0. The fourth-order valence-electron chi connectivity index (χ4n) is 6.11. The molecule has 2 aromatic rings. The summed E-state index contributed by atoms with van der Waals surface area (Å²) in [5.74, 6) is 1.91. The molecule has 2 aliphatic carbocycles. The average Bonchev–Trinajstić information content (AvgIpc) is 3.19. The van der Waals surface area contributed by atoms with Gasteiger partial charge in [-0.1, -0.05) is 31.0 Å². The average molecular weight is 410 g/mol. The van der Waals surface area contributed by atoms with Gasteiger partial charge in [0.05, 0.1) is 6.67 Å². The Labute approximate surface area is 178 Å². The van der Waals surface area contributed by atoms with Crippen LogP contribution in [0.15, 0.2) is 42.5 Å². The third kappa shape index (κ3) is 3.71. The first kappa shape index (κ1) is 19.9. The normalized spacial score (nSPS) is 23.3. The minimum atomic E-state index is -0.204. The standard InChI is InChI=1S/C26H32FNO2/c27-16-19-17-28(18-19)13-14-30-23-6-3-20(4-7-23)25-24-8-5-22(29)15-21(24)9-12-26(25)10-1-2-11-26/h3-8,15,19,25,29H,1-2,9-14,16-18H2. The first-order chi connectivity index (χ1) is 14.7. The molecule has 1 spiro atoms. The number of hydrogen-bond acceptors (Lipinski definition) is 3. The molecule has 4 heteroatoms. The van der Waals surface area contributed by atoms with Crippen LogP contribution in [0.3, 0.4) is 0 Å². The Balaban J connectivity index is 1.31. The zero-order valence-corrected chi connectivity index (χ0v) is 17.7. The van der Waals surface area contributed by atoms with Gasteiger partial charge in [-0.15, -0.1) is 0 Å². The first-order valence-electron chi connectivity index (χ1n) is 11.5. The van der Waals surface area contributed by atoms with Crippen LogP contribution in [0, 0.1) is 11.3 Å². The van der Waals surface area contributed by atoms with E-state index in [1.54, 1.807) is 0 Å². The second kappa shape index (κ2) is 8.22. The minimum Gasteiger partial charge on any atom is -0.508 e. The van der Waals surface area contributed by atoms with Crippen molar-refractivity contribution >= 4 is 0 Å². The Morgan fingerprint density at radius 1 is 1.03 bits per heavy atom. The van der Waals surface area contributed by atoms with Gasteiger partial charge in [-0.3, -0.25) is 9.29 Å². The van der Waals surface area contributed by atoms with Crippen molar-refractivity contribution in [3.8, 4) is 11.5 Å². The van der Waals surface area contributed by atoms with Crippen LogP contribution in [0.4, 0.5) is 4.39 Å². The van der Waals surface area contributed by atoms with E-state index in [1.165, 1.54) is 48.8 Å². The number of hydrogen-bond donors (Lipinski definition) is 1. The number of aromatic hydroxyl groups is 1. The van der Waals surface area contributed by atoms with Crippen molar-refractivity contribution in [1.82, 2.24) is 4.90 Å². The van der Waals surface area contributed by atoms with Crippen LogP contribution in [0.5, 0.6) is 11.5 Å². The summed E-state index contributed by atoms with van der Waals surface area (Å²) in [5, 5.41) is 9.97. The van der Waals surface area contributed by atoms with Gasteiger partial charge >= 0.3 is 0 Å². The van der Waals surface area contributed by atoms with E-state index in [-0.39, 0.29) is 12.6 Å². The Hall–Kier alpha value is -2.07. The predicted octanol–water partition coefficient (Wildman–Crippen LogP) is 5.31. The molecule has 1 saturated carbocycles. The molecule has 1 unspecified atom stereocenters. The maximum absolute atomic E-state index is 12.5. The van der Waals surface area contributed by atoms with Gasteiger partial charge in [0, 0.05) is 31.5 Å². The van der Waals surface area contributed by atoms with Crippen molar-refractivity contribution in [3.63, 3.8) is 0 Å². The Bertz CT molecular complexity index is 869. The lowest BCUT2D eigenvalue weighted by molar-refractivity contribution is 0.0668. The third-order valence-corrected chi connectivity index (χ3v) is 7.68. The van der Waals surface area contributed by atoms with E-state index in [4.69, 9.17) is 4.74 Å². The summed E-state index contributed by atoms with van der Waals surface area (Å²) < 4.78 is 18.5. The Morgan fingerprint density at radius 3 is 2.53 bits per heavy atom. The quantitative estimate of drug-likeness (QED) is 0.702. The molecule has 30 heavy (non-hydrogen) atoms. The molecule has 1 N–H and O–H groups in total. The lowest BCUT2D eigenvalue weighted by Crippen LogP contribution is -2.49. The van der Waals surface area contributed by atoms with Crippen molar-refractivity contribution < 1.29 is 14.2 Å². The molecule has 1 aliphatic heterocycles. The smallest absolute Gasteiger partial charge is 0.119 e. The molecule has 3 aliphatic rings. The summed E-state index contributed by atoms with van der Waals surface area (Å²) in [6, 6.07) is 14.7. The molecule has 1 saturated heterocycles. The van der Waals surface area contributed by atoms with E-state index in [0.717, 1.165) is 31.8 Å². The first-order valence-corrected chi connectivity index (χ1v) is 11.5. The van der Waals surface area contributed by atoms with Gasteiger partial charge in [-0.2, -0.15) is 0 Å². The number of likely N-dealkylation sites (tertiary alicyclic amines) is 1. The molecular weight excluding hydrogens is 377 g/mol. The van der Waals surface area contributed by atoms with E-state index in [2.05, 4.69) is 35.2 Å². The molecule has 3 nitrogen and oxygen atoms in total. The number of ether oxygens (including phenoxy) is 1. The lowest BCUT2D eigenvalue weighted by Gasteiger charge is -2.43. The van der Waals surface area contributed by atoms with Crippen molar-refractivity contribution in [2.45, 2.75) is 44.4 Å². The number of fused-ring (bicyclic) bond motifs is 1. The van der Waals surface area contributed by atoms with E-state index in [1.807, 2.05) is 12.1 Å². The summed E-state index contributed by atoms with van der Waals surface area (Å²) in [6.45, 7) is 3.02. The van der Waals surface area contributed by atoms with Crippen LogP contribution in [-0.4, -0.2) is 42.9 Å². The molecule has 1 heterocycles. The lowest BCUT2D eigenvalue weighted by atomic mass is 9.61. The number of alkyl halides is 1. The molecule has 1 atom stereocenters. The molecular formula is C26H32FNO2. The van der Waals surface area contributed by atoms with Gasteiger partial charge in [0.2, 0.25) is 0 Å². The highest BCUT2D eigenvalue weighted by atomic mass is 19.1. The number of halogens is 1. The number of phenolic OH excluding ortho intramolecular Hbond substituents is 1. The number of nitrogens with zero attached hydrogens (tertiary/aromatic N) is 1. The maximum atomic E-state index is 12.5. The Kier molecular flexibility index (Phi) is 5.44. The summed E-state index contributed by atoms with van der Waals surface area (Å²) in [7, 11) is 0. The van der Waals surface area contributed by atoms with E-state index < -0.39 is 0 Å². The highest BCUT2D eigenvalue weighted by molar-refractivity contribution is 5.46. The van der Waals surface area contributed by atoms with Crippen molar-refractivity contribution in [3.05, 3.63) is 59.2 Å². The second-order valence-electron chi connectivity index (χ2n) is 9.58. The van der Waals surface area contributed by atoms with Crippen molar-refractivity contribution in [2.24, 2.45) is 11.3 Å². The van der Waals surface area contributed by atoms with Crippen molar-refractivity contribution in [2.75, 3.05) is 32.9 Å². The molecule has 2 aromatic carbocycles. The zero-order chi connectivity index (χ0) is 20.6. The maximum Gasteiger partial charge on any atom is 0.119 e. The zero-order valence-electron chi connectivity index (χ0n) is 17.7. The molecule has 0 aromatic heterocycles. The van der Waals surface area contributed by atoms with Gasteiger partial charge < -0.3 is 9.84 Å². The molecule has 0 radical (unpaired) electrons. The largest absolute Gasteiger partial charge is 0.508 e. The fraction of sp³-hybridized carbons (Fsp3) is 0.538. The number of benzene rings is 2. The highest BCUT2D eigenvalue weighted by Gasteiger charge is 2.45. The number of phenols is 1. The third-order valence-electron chi connectivity index (χ3n) is 7.68. The van der Waals surface area contributed by atoms with Crippen molar-refractivity contribution in [1.29, 1.82) is 0 Å². The second-order valence-corrected chi connectivity index (χ2v) is 9.58. The summed E-state index contributed by atoms with van der Waals surface area (Å²) in [4.78, 5) is 2.25. The monoisotopic (exact) mass is 409 g/mol.